The van der Waals surface area contributed by atoms with Gasteiger partial charge in [0, 0.05) is 11.6 Å². The van der Waals surface area contributed by atoms with Crippen molar-refractivity contribution < 1.29 is 18.4 Å². The lowest BCUT2D eigenvalue weighted by Crippen LogP contribution is -2.18. The monoisotopic (exact) mass is 553 g/mol. The van der Waals surface area contributed by atoms with Crippen LogP contribution in [0.3, 0.4) is 0 Å². The van der Waals surface area contributed by atoms with Gasteiger partial charge in [0.2, 0.25) is 5.91 Å². The van der Waals surface area contributed by atoms with Crippen molar-refractivity contribution in [3.05, 3.63) is 93.0 Å². The lowest BCUT2D eigenvalue weighted by molar-refractivity contribution is -0.117. The highest BCUT2D eigenvalue weighted by Gasteiger charge is 2.67. The molecule has 3 aromatic rings. The Morgan fingerprint density at radius 1 is 0.943 bits per heavy atom. The zero-order chi connectivity index (χ0) is 25.5. The summed E-state index contributed by atoms with van der Waals surface area (Å²) >= 11 is 24.6. The van der Waals surface area contributed by atoms with E-state index < -0.39 is 39.6 Å². The molecule has 0 saturated heterocycles. The van der Waals surface area contributed by atoms with E-state index in [4.69, 9.17) is 51.7 Å². The summed E-state index contributed by atoms with van der Waals surface area (Å²) in [6.07, 6.45) is 0. The van der Waals surface area contributed by atoms with E-state index in [9.17, 15) is 18.4 Å². The summed E-state index contributed by atoms with van der Waals surface area (Å²) in [5, 5.41) is 14.3. The van der Waals surface area contributed by atoms with Crippen LogP contribution in [0.25, 0.3) is 0 Å². The summed E-state index contributed by atoms with van der Waals surface area (Å²) < 4.78 is 25.4. The lowest BCUT2D eigenvalue weighted by Gasteiger charge is -2.11. The number of rotatable bonds is 5. The topological polar surface area (TPSA) is 82.0 Å². The molecule has 1 fully saturated rings. The molecule has 5 nitrogen and oxygen atoms in total. The minimum Gasteiger partial charge on any atom is -0.326 e. The average Bonchev–Trinajstić information content (AvgIpc) is 3.39. The molecule has 2 N–H and O–H groups in total. The lowest BCUT2D eigenvalue weighted by atomic mass is 10.1. The van der Waals surface area contributed by atoms with Gasteiger partial charge in [-0.25, -0.2) is 8.78 Å². The van der Waals surface area contributed by atoms with E-state index in [0.29, 0.717) is 5.56 Å². The molecule has 0 bridgehead atoms. The maximum atomic E-state index is 13.5. The number of nitrogens with zero attached hydrogens (tertiary/aromatic N) is 1. The van der Waals surface area contributed by atoms with E-state index in [1.165, 1.54) is 36.4 Å². The number of hydrogen-bond acceptors (Lipinski definition) is 3. The van der Waals surface area contributed by atoms with Crippen LogP contribution in [0.1, 0.15) is 27.4 Å². The normalized spacial score (nSPS) is 17.9. The molecule has 0 aliphatic heterocycles. The van der Waals surface area contributed by atoms with Crippen molar-refractivity contribution >= 4 is 69.6 Å². The van der Waals surface area contributed by atoms with Crippen LogP contribution in [0.2, 0.25) is 10.0 Å². The fourth-order valence-corrected chi connectivity index (χ4v) is 4.90. The van der Waals surface area contributed by atoms with Crippen LogP contribution >= 0.6 is 46.4 Å². The quantitative estimate of drug-likeness (QED) is 0.336. The van der Waals surface area contributed by atoms with Gasteiger partial charge in [-0.15, -0.1) is 23.2 Å². The Bertz CT molecular complexity index is 1410. The van der Waals surface area contributed by atoms with Gasteiger partial charge in [0.15, 0.2) is 0 Å². The molecule has 35 heavy (non-hydrogen) atoms. The van der Waals surface area contributed by atoms with Gasteiger partial charge in [0.25, 0.3) is 5.91 Å². The smallest absolute Gasteiger partial charge is 0.257 e. The molecule has 0 radical (unpaired) electrons. The number of halogens is 6. The maximum Gasteiger partial charge on any atom is 0.257 e. The van der Waals surface area contributed by atoms with Crippen molar-refractivity contribution in [2.75, 3.05) is 10.6 Å². The average molecular weight is 555 g/mol. The first-order valence-corrected chi connectivity index (χ1v) is 11.5. The Balaban J connectivity index is 1.52. The first kappa shape index (κ1) is 25.2. The Morgan fingerprint density at radius 3 is 2.37 bits per heavy atom. The molecule has 0 aromatic heterocycles. The van der Waals surface area contributed by atoms with E-state index >= 15 is 0 Å². The van der Waals surface area contributed by atoms with Crippen molar-refractivity contribution in [3.63, 3.8) is 0 Å². The molecule has 4 rings (SSSR count). The van der Waals surface area contributed by atoms with E-state index in [2.05, 4.69) is 10.6 Å². The van der Waals surface area contributed by atoms with E-state index in [0.717, 1.165) is 18.2 Å². The molecule has 1 aliphatic rings. The number of hydrogen-bond donors (Lipinski definition) is 2. The fraction of sp³-hybridized carbons (Fsp3) is 0.125. The Labute approximate surface area is 218 Å². The van der Waals surface area contributed by atoms with Gasteiger partial charge in [-0.3, -0.25) is 9.59 Å². The van der Waals surface area contributed by atoms with Gasteiger partial charge < -0.3 is 10.6 Å². The number of anilines is 2. The number of nitriles is 1. The highest BCUT2D eigenvalue weighted by Crippen LogP contribution is 2.65. The van der Waals surface area contributed by atoms with Crippen LogP contribution in [-0.4, -0.2) is 16.1 Å². The number of carbonyl (C=O) groups is 2. The molecule has 1 aliphatic carbocycles. The van der Waals surface area contributed by atoms with Gasteiger partial charge in [0.05, 0.1) is 32.8 Å². The second-order valence-corrected chi connectivity index (χ2v) is 10.0. The summed E-state index contributed by atoms with van der Waals surface area (Å²) in [5.74, 6) is -3.93. The molecular weight excluding hydrogens is 542 g/mol. The number of amides is 2. The first-order valence-electron chi connectivity index (χ1n) is 9.97. The van der Waals surface area contributed by atoms with Crippen LogP contribution in [0.15, 0.2) is 54.6 Å². The molecule has 11 heteroatoms. The number of nitrogens with one attached hydrogen (secondary N) is 2. The van der Waals surface area contributed by atoms with Crippen LogP contribution in [-0.2, 0) is 4.79 Å². The van der Waals surface area contributed by atoms with Gasteiger partial charge in [-0.2, -0.15) is 5.26 Å². The Hall–Kier alpha value is -2.89. The van der Waals surface area contributed by atoms with Gasteiger partial charge >= 0.3 is 0 Å². The number of alkyl halides is 2. The Kier molecular flexibility index (Phi) is 6.94. The SMILES string of the molecule is N#Cc1cc(F)ccc1NC(=O)c1cc(NC(=O)[C@@H]2[C@@H](c3ccc(F)c(Cl)c3)C2(Cl)Cl)ccc1Cl. The van der Waals surface area contributed by atoms with Crippen LogP contribution in [0, 0.1) is 28.9 Å². The Morgan fingerprint density at radius 2 is 1.69 bits per heavy atom. The first-order chi connectivity index (χ1) is 16.5. The minimum absolute atomic E-state index is 0.00152. The van der Waals surface area contributed by atoms with Crippen molar-refractivity contribution in [2.45, 2.75) is 10.3 Å². The van der Waals surface area contributed by atoms with E-state index in [-0.39, 0.29) is 32.5 Å². The molecule has 2 atom stereocenters. The van der Waals surface area contributed by atoms with Gasteiger partial charge in [0.1, 0.15) is 22.0 Å². The van der Waals surface area contributed by atoms with Crippen LogP contribution in [0.5, 0.6) is 0 Å². The molecule has 178 valence electrons. The van der Waals surface area contributed by atoms with Gasteiger partial charge in [-0.1, -0.05) is 29.3 Å². The third-order valence-electron chi connectivity index (χ3n) is 5.47. The second kappa shape index (κ2) is 9.63. The third kappa shape index (κ3) is 5.07. The predicted octanol–water partition coefficient (Wildman–Crippen LogP) is 6.92. The van der Waals surface area contributed by atoms with Crippen molar-refractivity contribution in [1.82, 2.24) is 0 Å². The number of carbonyl (C=O) groups excluding carboxylic acids is 2. The maximum absolute atomic E-state index is 13.5. The molecule has 0 heterocycles. The molecule has 1 saturated carbocycles. The van der Waals surface area contributed by atoms with Gasteiger partial charge in [-0.05, 0) is 54.1 Å². The second-order valence-electron chi connectivity index (χ2n) is 7.74. The fourth-order valence-electron chi connectivity index (χ4n) is 3.68. The summed E-state index contributed by atoms with van der Waals surface area (Å²) in [7, 11) is 0. The standard InChI is InChI=1S/C24H13Cl4F2N3O2/c25-16-4-3-14(9-15(16)22(34)33-19-6-2-13(29)7-12(19)10-31)32-23(35)21-20(24(21,27)28)11-1-5-18(30)17(26)8-11/h1-9,20-21H,(H,32,35)(H,33,34)/t20-,21+/m1/s1. The zero-order valence-corrected chi connectivity index (χ0v) is 20.4. The van der Waals surface area contributed by atoms with Crippen molar-refractivity contribution in [2.24, 2.45) is 5.92 Å². The number of benzene rings is 3. The van der Waals surface area contributed by atoms with Crippen LogP contribution < -0.4 is 10.6 Å². The predicted molar refractivity (Wildman–Crippen MR) is 131 cm³/mol. The molecule has 0 unspecified atom stereocenters. The largest absolute Gasteiger partial charge is 0.326 e. The summed E-state index contributed by atoms with van der Waals surface area (Å²) in [4.78, 5) is 25.7. The summed E-state index contributed by atoms with van der Waals surface area (Å²) in [6.45, 7) is 0. The zero-order valence-electron chi connectivity index (χ0n) is 17.4. The minimum atomic E-state index is -1.44. The van der Waals surface area contributed by atoms with Crippen molar-refractivity contribution in [3.8, 4) is 6.07 Å². The molecular formula is C24H13Cl4F2N3O2. The highest BCUT2D eigenvalue weighted by molar-refractivity contribution is 6.53. The molecule has 3 aromatic carbocycles. The summed E-state index contributed by atoms with van der Waals surface area (Å²) in [6, 6.07) is 13.3. The molecule has 2 amide bonds. The van der Waals surface area contributed by atoms with E-state index in [1.54, 1.807) is 6.07 Å². The highest BCUT2D eigenvalue weighted by atomic mass is 35.5. The van der Waals surface area contributed by atoms with Crippen LogP contribution in [0.4, 0.5) is 20.2 Å². The third-order valence-corrected chi connectivity index (χ3v) is 7.03. The molecule has 0 spiro atoms. The van der Waals surface area contributed by atoms with E-state index in [1.807, 2.05) is 0 Å². The van der Waals surface area contributed by atoms with Crippen molar-refractivity contribution in [1.29, 1.82) is 5.26 Å². The summed E-state index contributed by atoms with van der Waals surface area (Å²) in [5.41, 5.74) is 0.761.